The van der Waals surface area contributed by atoms with Gasteiger partial charge in [-0.1, -0.05) is 0 Å². The molecule has 0 radical (unpaired) electrons. The highest BCUT2D eigenvalue weighted by molar-refractivity contribution is 5.98. The summed E-state index contributed by atoms with van der Waals surface area (Å²) >= 11 is 0. The van der Waals surface area contributed by atoms with E-state index in [1.165, 1.54) is 6.92 Å². The summed E-state index contributed by atoms with van der Waals surface area (Å²) in [6.45, 7) is 3.61. The van der Waals surface area contributed by atoms with E-state index in [-0.39, 0.29) is 18.9 Å². The molecule has 1 N–H and O–H groups in total. The topological polar surface area (TPSA) is 68.3 Å². The standard InChI is InChI=1S/C12H16N2O3/c1-3-17-12(16)11(9(2)15)8-14-10-4-6-13-7-5-10/h4-7,11H,3,8H2,1-2H3,(H,13,14)/t11-/m0/s1. The van der Waals surface area contributed by atoms with E-state index >= 15 is 0 Å². The average Bonchev–Trinajstić information content (AvgIpc) is 2.30. The zero-order valence-electron chi connectivity index (χ0n) is 9.97. The largest absolute Gasteiger partial charge is 0.465 e. The van der Waals surface area contributed by atoms with Gasteiger partial charge < -0.3 is 10.1 Å². The lowest BCUT2D eigenvalue weighted by Gasteiger charge is -2.14. The molecule has 1 atom stereocenters. The van der Waals surface area contributed by atoms with Crippen LogP contribution < -0.4 is 5.32 Å². The molecule has 1 aromatic heterocycles. The zero-order valence-corrected chi connectivity index (χ0v) is 9.97. The number of rotatable bonds is 6. The first-order valence-electron chi connectivity index (χ1n) is 5.46. The molecule has 0 saturated heterocycles. The van der Waals surface area contributed by atoms with Crippen molar-refractivity contribution in [2.75, 3.05) is 18.5 Å². The molecule has 0 aliphatic heterocycles. The van der Waals surface area contributed by atoms with Gasteiger partial charge >= 0.3 is 5.97 Å². The Kier molecular flexibility index (Phi) is 5.13. The van der Waals surface area contributed by atoms with Gasteiger partial charge in [0, 0.05) is 24.6 Å². The van der Waals surface area contributed by atoms with E-state index in [9.17, 15) is 9.59 Å². The summed E-state index contributed by atoms with van der Waals surface area (Å²) in [6.07, 6.45) is 3.27. The van der Waals surface area contributed by atoms with Crippen molar-refractivity contribution >= 4 is 17.4 Å². The summed E-state index contributed by atoms with van der Waals surface area (Å²) < 4.78 is 4.84. The van der Waals surface area contributed by atoms with Gasteiger partial charge in [0.15, 0.2) is 0 Å². The van der Waals surface area contributed by atoms with Crippen molar-refractivity contribution in [1.29, 1.82) is 0 Å². The molecule has 1 heterocycles. The van der Waals surface area contributed by atoms with E-state index in [2.05, 4.69) is 10.3 Å². The molecule has 0 aromatic carbocycles. The highest BCUT2D eigenvalue weighted by Gasteiger charge is 2.24. The molecular formula is C12H16N2O3. The zero-order chi connectivity index (χ0) is 12.7. The van der Waals surface area contributed by atoms with Crippen LogP contribution in [0.2, 0.25) is 0 Å². The van der Waals surface area contributed by atoms with Gasteiger partial charge in [-0.2, -0.15) is 0 Å². The van der Waals surface area contributed by atoms with Gasteiger partial charge in [0.25, 0.3) is 0 Å². The maximum atomic E-state index is 11.5. The summed E-state index contributed by atoms with van der Waals surface area (Å²) in [7, 11) is 0. The summed E-state index contributed by atoms with van der Waals surface area (Å²) in [4.78, 5) is 26.7. The Morgan fingerprint density at radius 2 is 2.06 bits per heavy atom. The minimum absolute atomic E-state index is 0.204. The van der Waals surface area contributed by atoms with Crippen LogP contribution in [0.1, 0.15) is 13.8 Å². The quantitative estimate of drug-likeness (QED) is 0.595. The maximum absolute atomic E-state index is 11.5. The fourth-order valence-electron chi connectivity index (χ4n) is 1.33. The predicted molar refractivity (Wildman–Crippen MR) is 63.5 cm³/mol. The van der Waals surface area contributed by atoms with Gasteiger partial charge in [-0.25, -0.2) is 0 Å². The number of ketones is 1. The van der Waals surface area contributed by atoms with Crippen LogP contribution in [-0.4, -0.2) is 29.9 Å². The second-order valence-corrected chi connectivity index (χ2v) is 3.53. The lowest BCUT2D eigenvalue weighted by molar-refractivity contribution is -0.150. The van der Waals surface area contributed by atoms with Crippen LogP contribution in [0.5, 0.6) is 0 Å². The molecule has 0 aliphatic carbocycles. The fraction of sp³-hybridized carbons (Fsp3) is 0.417. The van der Waals surface area contributed by atoms with Crippen LogP contribution in [0.3, 0.4) is 0 Å². The smallest absolute Gasteiger partial charge is 0.318 e. The number of hydrogen-bond acceptors (Lipinski definition) is 5. The molecule has 0 aliphatic rings. The van der Waals surface area contributed by atoms with E-state index in [1.807, 2.05) is 0 Å². The number of aromatic nitrogens is 1. The van der Waals surface area contributed by atoms with Crippen LogP contribution in [0.25, 0.3) is 0 Å². The monoisotopic (exact) mass is 236 g/mol. The molecule has 5 nitrogen and oxygen atoms in total. The van der Waals surface area contributed by atoms with Gasteiger partial charge in [0.2, 0.25) is 0 Å². The van der Waals surface area contributed by atoms with Crippen LogP contribution in [0.15, 0.2) is 24.5 Å². The summed E-state index contributed by atoms with van der Waals surface area (Å²) in [6, 6.07) is 3.53. The number of nitrogens with zero attached hydrogens (tertiary/aromatic N) is 1. The Hall–Kier alpha value is -1.91. The van der Waals surface area contributed by atoms with Crippen molar-refractivity contribution in [3.8, 4) is 0 Å². The van der Waals surface area contributed by atoms with E-state index in [0.29, 0.717) is 0 Å². The van der Waals surface area contributed by atoms with E-state index in [4.69, 9.17) is 4.74 Å². The second-order valence-electron chi connectivity index (χ2n) is 3.53. The number of pyridine rings is 1. The number of nitrogens with one attached hydrogen (secondary N) is 1. The molecule has 92 valence electrons. The lowest BCUT2D eigenvalue weighted by Crippen LogP contribution is -2.30. The van der Waals surface area contributed by atoms with Gasteiger partial charge in [-0.15, -0.1) is 0 Å². The molecule has 0 spiro atoms. The van der Waals surface area contributed by atoms with Crippen molar-refractivity contribution < 1.29 is 14.3 Å². The number of Topliss-reactive ketones (excluding diaryl/α,β-unsaturated/α-hetero) is 1. The van der Waals surface area contributed by atoms with Crippen LogP contribution in [0.4, 0.5) is 5.69 Å². The first kappa shape index (κ1) is 13.2. The molecule has 17 heavy (non-hydrogen) atoms. The number of ether oxygens (including phenoxy) is 1. The highest BCUT2D eigenvalue weighted by atomic mass is 16.5. The normalized spacial score (nSPS) is 11.6. The third-order valence-electron chi connectivity index (χ3n) is 2.25. The Morgan fingerprint density at radius 3 is 2.59 bits per heavy atom. The first-order valence-corrected chi connectivity index (χ1v) is 5.46. The van der Waals surface area contributed by atoms with E-state index < -0.39 is 11.9 Å². The fourth-order valence-corrected chi connectivity index (χ4v) is 1.33. The highest BCUT2D eigenvalue weighted by Crippen LogP contribution is 2.07. The summed E-state index contributed by atoms with van der Waals surface area (Å²) in [5, 5.41) is 3.00. The van der Waals surface area contributed by atoms with Crippen molar-refractivity contribution in [1.82, 2.24) is 4.98 Å². The molecule has 0 unspecified atom stereocenters. The minimum atomic E-state index is -0.761. The molecule has 1 aromatic rings. The minimum Gasteiger partial charge on any atom is -0.465 e. The number of hydrogen-bond donors (Lipinski definition) is 1. The van der Waals surface area contributed by atoms with Gasteiger partial charge in [0.05, 0.1) is 6.61 Å². The van der Waals surface area contributed by atoms with E-state index in [0.717, 1.165) is 5.69 Å². The number of carbonyl (C=O) groups is 2. The first-order chi connectivity index (χ1) is 8.15. The average molecular weight is 236 g/mol. The van der Waals surface area contributed by atoms with Crippen molar-refractivity contribution in [3.05, 3.63) is 24.5 Å². The Labute approximate surface area is 100 Å². The third kappa shape index (κ3) is 4.22. The molecular weight excluding hydrogens is 220 g/mol. The molecule has 0 bridgehead atoms. The summed E-state index contributed by atoms with van der Waals surface area (Å²) in [5.41, 5.74) is 0.815. The third-order valence-corrected chi connectivity index (χ3v) is 2.25. The van der Waals surface area contributed by atoms with Crippen molar-refractivity contribution in [3.63, 3.8) is 0 Å². The van der Waals surface area contributed by atoms with Crippen LogP contribution >= 0.6 is 0 Å². The SMILES string of the molecule is CCOC(=O)[C@@H](CNc1ccncc1)C(C)=O. The number of esters is 1. The second kappa shape index (κ2) is 6.62. The van der Waals surface area contributed by atoms with Gasteiger partial charge in [-0.05, 0) is 26.0 Å². The maximum Gasteiger partial charge on any atom is 0.318 e. The molecule has 5 heteroatoms. The van der Waals surface area contributed by atoms with E-state index in [1.54, 1.807) is 31.5 Å². The van der Waals surface area contributed by atoms with Crippen LogP contribution in [-0.2, 0) is 14.3 Å². The molecule has 1 rings (SSSR count). The van der Waals surface area contributed by atoms with Crippen LogP contribution in [0, 0.1) is 5.92 Å². The van der Waals surface area contributed by atoms with Gasteiger partial charge in [-0.3, -0.25) is 14.6 Å². The molecule has 0 amide bonds. The number of anilines is 1. The lowest BCUT2D eigenvalue weighted by atomic mass is 10.1. The Balaban J connectivity index is 2.56. The number of carbonyl (C=O) groups excluding carboxylic acids is 2. The van der Waals surface area contributed by atoms with Crippen molar-refractivity contribution in [2.24, 2.45) is 5.92 Å². The van der Waals surface area contributed by atoms with Crippen molar-refractivity contribution in [2.45, 2.75) is 13.8 Å². The predicted octanol–water partition coefficient (Wildman–Crippen LogP) is 1.26. The molecule has 0 saturated carbocycles. The Bertz CT molecular complexity index is 379. The van der Waals surface area contributed by atoms with Gasteiger partial charge in [0.1, 0.15) is 11.7 Å². The summed E-state index contributed by atoms with van der Waals surface area (Å²) in [5.74, 6) is -1.45. The molecule has 0 fully saturated rings. The Morgan fingerprint density at radius 1 is 1.41 bits per heavy atom.